The van der Waals surface area contributed by atoms with E-state index in [4.69, 9.17) is 5.11 Å². The second-order valence-electron chi connectivity index (χ2n) is 3.19. The first-order valence-corrected chi connectivity index (χ1v) is 5.21. The molecule has 0 amide bonds. The molecule has 0 saturated heterocycles. The number of aliphatic carboxylic acids is 1. The van der Waals surface area contributed by atoms with Gasteiger partial charge in [0, 0.05) is 0 Å². The zero-order valence-corrected chi connectivity index (χ0v) is 8.47. The summed E-state index contributed by atoms with van der Waals surface area (Å²) in [4.78, 5) is 10.6. The Morgan fingerprint density at radius 3 is 2.25 bits per heavy atom. The maximum Gasteiger partial charge on any atom is 0.319 e. The van der Waals surface area contributed by atoms with Gasteiger partial charge in [0.2, 0.25) is 0 Å². The maximum absolute atomic E-state index is 10.6. The first-order chi connectivity index (χ1) is 5.49. The molecule has 2 atom stereocenters. The monoisotopic (exact) mass is 192 g/mol. The summed E-state index contributed by atoms with van der Waals surface area (Å²) < 4.78 is 0. The molecular formula is C8H16O3S. The number of carboxylic acids is 1. The van der Waals surface area contributed by atoms with Gasteiger partial charge < -0.3 is 10.2 Å². The van der Waals surface area contributed by atoms with E-state index in [1.54, 1.807) is 6.26 Å². The van der Waals surface area contributed by atoms with Crippen LogP contribution >= 0.6 is 11.8 Å². The van der Waals surface area contributed by atoms with E-state index >= 15 is 0 Å². The molecule has 3 nitrogen and oxygen atoms in total. The summed E-state index contributed by atoms with van der Waals surface area (Å²) in [5.74, 6) is -0.607. The lowest BCUT2D eigenvalue weighted by Crippen LogP contribution is -2.31. The quantitative estimate of drug-likeness (QED) is 0.687. The minimum absolute atomic E-state index is 0.328. The van der Waals surface area contributed by atoms with E-state index < -0.39 is 17.3 Å². The van der Waals surface area contributed by atoms with Crippen LogP contribution in [0.3, 0.4) is 0 Å². The normalized spacial score (nSPS) is 16.1. The number of rotatable bonds is 5. The van der Waals surface area contributed by atoms with Crippen LogP contribution < -0.4 is 0 Å². The lowest BCUT2D eigenvalue weighted by atomic mass is 10.0. The summed E-state index contributed by atoms with van der Waals surface area (Å²) in [7, 11) is 0. The standard InChI is InChI=1S/C8H16O3S/c1-5(2)4-6(9)7(12-3)8(10)11/h5-7,9H,4H2,1-3H3,(H,10,11)/t6-,7+/m1/s1. The average molecular weight is 192 g/mol. The van der Waals surface area contributed by atoms with Crippen LogP contribution in [0.4, 0.5) is 0 Å². The van der Waals surface area contributed by atoms with Crippen LogP contribution in [-0.4, -0.2) is 33.8 Å². The van der Waals surface area contributed by atoms with Gasteiger partial charge in [-0.15, -0.1) is 11.8 Å². The Morgan fingerprint density at radius 1 is 1.50 bits per heavy atom. The molecule has 0 aliphatic rings. The summed E-state index contributed by atoms with van der Waals surface area (Å²) in [5.41, 5.74) is 0. The van der Waals surface area contributed by atoms with E-state index in [1.807, 2.05) is 13.8 Å². The van der Waals surface area contributed by atoms with Gasteiger partial charge in [-0.2, -0.15) is 0 Å². The molecule has 0 unspecified atom stereocenters. The van der Waals surface area contributed by atoms with Gasteiger partial charge >= 0.3 is 5.97 Å². The summed E-state index contributed by atoms with van der Waals surface area (Å²) in [6.07, 6.45) is 1.50. The number of aliphatic hydroxyl groups is 1. The van der Waals surface area contributed by atoms with Crippen LogP contribution in [0, 0.1) is 5.92 Å². The summed E-state index contributed by atoms with van der Waals surface area (Å²) in [5, 5.41) is 17.4. The highest BCUT2D eigenvalue weighted by Gasteiger charge is 2.25. The summed E-state index contributed by atoms with van der Waals surface area (Å²) in [6, 6.07) is 0. The lowest BCUT2D eigenvalue weighted by Gasteiger charge is -2.18. The van der Waals surface area contributed by atoms with Crippen molar-refractivity contribution < 1.29 is 15.0 Å². The van der Waals surface area contributed by atoms with Gasteiger partial charge in [-0.05, 0) is 18.6 Å². The van der Waals surface area contributed by atoms with Crippen LogP contribution in [-0.2, 0) is 4.79 Å². The first-order valence-electron chi connectivity index (χ1n) is 3.92. The van der Waals surface area contributed by atoms with E-state index in [0.717, 1.165) is 0 Å². The first kappa shape index (κ1) is 11.8. The number of hydrogen-bond donors (Lipinski definition) is 2. The molecule has 0 aromatic heterocycles. The van der Waals surface area contributed by atoms with Crippen molar-refractivity contribution in [1.29, 1.82) is 0 Å². The number of hydrogen-bond acceptors (Lipinski definition) is 3. The second kappa shape index (κ2) is 5.43. The molecule has 0 aromatic carbocycles. The third-order valence-electron chi connectivity index (χ3n) is 1.56. The summed E-state index contributed by atoms with van der Waals surface area (Å²) in [6.45, 7) is 3.92. The van der Waals surface area contributed by atoms with E-state index in [0.29, 0.717) is 12.3 Å². The maximum atomic E-state index is 10.6. The fourth-order valence-corrected chi connectivity index (χ4v) is 1.66. The fraction of sp³-hybridized carbons (Fsp3) is 0.875. The molecule has 0 spiro atoms. The number of carbonyl (C=O) groups is 1. The fourth-order valence-electron chi connectivity index (χ4n) is 1.03. The van der Waals surface area contributed by atoms with Crippen molar-refractivity contribution >= 4 is 17.7 Å². The molecule has 0 aliphatic carbocycles. The third kappa shape index (κ3) is 3.97. The number of carboxylic acid groups (broad SMARTS) is 1. The van der Waals surface area contributed by atoms with E-state index in [2.05, 4.69) is 0 Å². The largest absolute Gasteiger partial charge is 0.480 e. The highest BCUT2D eigenvalue weighted by atomic mass is 32.2. The van der Waals surface area contributed by atoms with Gasteiger partial charge in [-0.3, -0.25) is 4.79 Å². The van der Waals surface area contributed by atoms with Crippen LogP contribution in [0.1, 0.15) is 20.3 Å². The van der Waals surface area contributed by atoms with Crippen molar-refractivity contribution in [3.63, 3.8) is 0 Å². The van der Waals surface area contributed by atoms with Crippen molar-refractivity contribution in [3.8, 4) is 0 Å². The molecule has 72 valence electrons. The van der Waals surface area contributed by atoms with Crippen LogP contribution in [0.5, 0.6) is 0 Å². The minimum atomic E-state index is -0.935. The average Bonchev–Trinajstić information content (AvgIpc) is 1.85. The van der Waals surface area contributed by atoms with Crippen molar-refractivity contribution in [2.75, 3.05) is 6.26 Å². The Hall–Kier alpha value is -0.220. The zero-order chi connectivity index (χ0) is 9.72. The van der Waals surface area contributed by atoms with Crippen molar-refractivity contribution in [1.82, 2.24) is 0 Å². The van der Waals surface area contributed by atoms with E-state index in [9.17, 15) is 9.90 Å². The molecule has 0 aromatic rings. The van der Waals surface area contributed by atoms with E-state index in [1.165, 1.54) is 11.8 Å². The van der Waals surface area contributed by atoms with Crippen molar-refractivity contribution in [2.45, 2.75) is 31.6 Å². The molecule has 4 heteroatoms. The molecule has 0 saturated carbocycles. The van der Waals surface area contributed by atoms with E-state index in [-0.39, 0.29) is 0 Å². The zero-order valence-electron chi connectivity index (χ0n) is 7.65. The smallest absolute Gasteiger partial charge is 0.319 e. The Kier molecular flexibility index (Phi) is 5.33. The topological polar surface area (TPSA) is 57.5 Å². The molecular weight excluding hydrogens is 176 g/mol. The summed E-state index contributed by atoms with van der Waals surface area (Å²) >= 11 is 1.18. The van der Waals surface area contributed by atoms with Crippen molar-refractivity contribution in [3.05, 3.63) is 0 Å². The highest BCUT2D eigenvalue weighted by molar-refractivity contribution is 7.99. The number of thioether (sulfide) groups is 1. The Morgan fingerprint density at radius 2 is 2.00 bits per heavy atom. The third-order valence-corrected chi connectivity index (χ3v) is 2.58. The van der Waals surface area contributed by atoms with Crippen LogP contribution in [0.15, 0.2) is 0 Å². The molecule has 0 rings (SSSR count). The molecule has 2 N–H and O–H groups in total. The SMILES string of the molecule is CS[C@H](C(=O)O)[C@H](O)CC(C)C. The predicted octanol–water partition coefficient (Wildman–Crippen LogP) is 1.21. The molecule has 0 bridgehead atoms. The molecule has 0 radical (unpaired) electrons. The van der Waals surface area contributed by atoms with Gasteiger partial charge in [-0.1, -0.05) is 13.8 Å². The molecule has 0 aliphatic heterocycles. The molecule has 12 heavy (non-hydrogen) atoms. The van der Waals surface area contributed by atoms with Gasteiger partial charge in [0.1, 0.15) is 5.25 Å². The minimum Gasteiger partial charge on any atom is -0.480 e. The van der Waals surface area contributed by atoms with Crippen LogP contribution in [0.2, 0.25) is 0 Å². The van der Waals surface area contributed by atoms with Crippen molar-refractivity contribution in [2.24, 2.45) is 5.92 Å². The Labute approximate surface area is 77.2 Å². The van der Waals surface area contributed by atoms with Gasteiger partial charge in [0.25, 0.3) is 0 Å². The molecule has 0 heterocycles. The molecule has 0 fully saturated rings. The number of aliphatic hydroxyl groups excluding tert-OH is 1. The van der Waals surface area contributed by atoms with Gasteiger partial charge in [-0.25, -0.2) is 0 Å². The Balaban J connectivity index is 4.02. The van der Waals surface area contributed by atoms with Gasteiger partial charge in [0.15, 0.2) is 0 Å². The second-order valence-corrected chi connectivity index (χ2v) is 4.17. The lowest BCUT2D eigenvalue weighted by molar-refractivity contribution is -0.138. The van der Waals surface area contributed by atoms with Crippen LogP contribution in [0.25, 0.3) is 0 Å². The highest BCUT2D eigenvalue weighted by Crippen LogP contribution is 2.17. The van der Waals surface area contributed by atoms with Gasteiger partial charge in [0.05, 0.1) is 6.10 Å². The predicted molar refractivity (Wildman–Crippen MR) is 50.4 cm³/mol. The Bertz CT molecular complexity index is 147.